The molecule has 0 amide bonds. The van der Waals surface area contributed by atoms with E-state index < -0.39 is 5.97 Å². The smallest absolute Gasteiger partial charge is 0.306 e. The molecule has 5 nitrogen and oxygen atoms in total. The van der Waals surface area contributed by atoms with Gasteiger partial charge in [0, 0.05) is 7.11 Å². The topological polar surface area (TPSA) is 61.8 Å². The number of methoxy groups -OCH3 is 1. The molecular formula is C13H24O5. The van der Waals surface area contributed by atoms with Crippen molar-refractivity contribution in [1.82, 2.24) is 0 Å². The van der Waals surface area contributed by atoms with Crippen LogP contribution in [0.1, 0.15) is 40.0 Å². The molecule has 0 saturated heterocycles. The van der Waals surface area contributed by atoms with Gasteiger partial charge in [-0.1, -0.05) is 20.8 Å². The molecule has 0 N–H and O–H groups in total. The normalized spacial score (nSPS) is 12.3. The highest BCUT2D eigenvalue weighted by Crippen LogP contribution is 2.11. The third-order valence-electron chi connectivity index (χ3n) is 2.51. The fraction of sp³-hybridized carbons (Fsp3) is 0.846. The summed E-state index contributed by atoms with van der Waals surface area (Å²) in [5.74, 6) is -0.464. The molecule has 0 bridgehead atoms. The lowest BCUT2D eigenvalue weighted by Gasteiger charge is -2.19. The molecule has 0 aliphatic carbocycles. The van der Waals surface area contributed by atoms with Crippen molar-refractivity contribution in [2.24, 2.45) is 5.92 Å². The molecule has 0 aromatic rings. The van der Waals surface area contributed by atoms with Crippen LogP contribution in [0.2, 0.25) is 0 Å². The monoisotopic (exact) mass is 260 g/mol. The molecule has 0 aromatic heterocycles. The van der Waals surface area contributed by atoms with Crippen LogP contribution in [0.25, 0.3) is 0 Å². The van der Waals surface area contributed by atoms with Crippen LogP contribution < -0.4 is 0 Å². The van der Waals surface area contributed by atoms with Crippen LogP contribution in [0.5, 0.6) is 0 Å². The van der Waals surface area contributed by atoms with Crippen LogP contribution in [0.15, 0.2) is 0 Å². The standard InChI is InChI=1S/C13H24O5/c1-5-11(10(2)3)18-13(15)7-6-12(14)17-9-8-16-4/h10-11H,5-9H2,1-4H3. The van der Waals surface area contributed by atoms with Crippen molar-refractivity contribution in [2.75, 3.05) is 20.3 Å². The van der Waals surface area contributed by atoms with Gasteiger partial charge in [-0.2, -0.15) is 0 Å². The van der Waals surface area contributed by atoms with Gasteiger partial charge in [0.15, 0.2) is 0 Å². The van der Waals surface area contributed by atoms with E-state index in [0.717, 1.165) is 6.42 Å². The number of rotatable bonds is 9. The van der Waals surface area contributed by atoms with Crippen molar-refractivity contribution in [3.63, 3.8) is 0 Å². The predicted octanol–water partition coefficient (Wildman–Crippen LogP) is 1.93. The minimum atomic E-state index is -0.401. The Hall–Kier alpha value is -1.10. The van der Waals surface area contributed by atoms with Crippen molar-refractivity contribution < 1.29 is 23.8 Å². The number of hydrogen-bond donors (Lipinski definition) is 0. The Bertz CT molecular complexity index is 250. The van der Waals surface area contributed by atoms with Gasteiger partial charge in [0.25, 0.3) is 0 Å². The molecule has 0 heterocycles. The summed E-state index contributed by atoms with van der Waals surface area (Å²) < 4.78 is 14.8. The summed E-state index contributed by atoms with van der Waals surface area (Å²) in [6.45, 7) is 6.55. The van der Waals surface area contributed by atoms with Gasteiger partial charge < -0.3 is 14.2 Å². The van der Waals surface area contributed by atoms with E-state index in [1.54, 1.807) is 0 Å². The van der Waals surface area contributed by atoms with Crippen LogP contribution in [0.3, 0.4) is 0 Å². The van der Waals surface area contributed by atoms with E-state index in [0.29, 0.717) is 6.61 Å². The Morgan fingerprint density at radius 3 is 2.17 bits per heavy atom. The summed E-state index contributed by atoms with van der Waals surface area (Å²) in [6, 6.07) is 0. The quantitative estimate of drug-likeness (QED) is 0.468. The molecule has 0 aromatic carbocycles. The second kappa shape index (κ2) is 9.88. The molecule has 0 aliphatic rings. The Morgan fingerprint density at radius 2 is 1.67 bits per heavy atom. The summed E-state index contributed by atoms with van der Waals surface area (Å²) in [4.78, 5) is 22.7. The first-order valence-electron chi connectivity index (χ1n) is 6.35. The first kappa shape index (κ1) is 16.9. The second-order valence-electron chi connectivity index (χ2n) is 4.39. The van der Waals surface area contributed by atoms with Gasteiger partial charge in [-0.25, -0.2) is 0 Å². The number of ether oxygens (including phenoxy) is 3. The van der Waals surface area contributed by atoms with E-state index in [-0.39, 0.29) is 37.4 Å². The van der Waals surface area contributed by atoms with E-state index in [4.69, 9.17) is 14.2 Å². The van der Waals surface area contributed by atoms with Gasteiger partial charge in [-0.05, 0) is 12.3 Å². The van der Waals surface area contributed by atoms with Crippen LogP contribution >= 0.6 is 0 Å². The summed E-state index contributed by atoms with van der Waals surface area (Å²) in [5, 5.41) is 0. The molecule has 1 atom stereocenters. The second-order valence-corrected chi connectivity index (χ2v) is 4.39. The van der Waals surface area contributed by atoms with Crippen molar-refractivity contribution in [3.8, 4) is 0 Å². The summed E-state index contributed by atoms with van der Waals surface area (Å²) >= 11 is 0. The molecule has 0 rings (SSSR count). The van der Waals surface area contributed by atoms with Gasteiger partial charge in [-0.15, -0.1) is 0 Å². The Labute approximate surface area is 109 Å². The summed E-state index contributed by atoms with van der Waals surface area (Å²) in [5.41, 5.74) is 0. The largest absolute Gasteiger partial charge is 0.463 e. The van der Waals surface area contributed by atoms with E-state index >= 15 is 0 Å². The Kier molecular flexibility index (Phi) is 9.28. The Balaban J connectivity index is 3.78. The van der Waals surface area contributed by atoms with Gasteiger partial charge in [0.1, 0.15) is 12.7 Å². The van der Waals surface area contributed by atoms with Crippen LogP contribution in [-0.4, -0.2) is 38.4 Å². The highest BCUT2D eigenvalue weighted by Gasteiger charge is 2.17. The van der Waals surface area contributed by atoms with Crippen LogP contribution in [0, 0.1) is 5.92 Å². The lowest BCUT2D eigenvalue weighted by Crippen LogP contribution is -2.23. The van der Waals surface area contributed by atoms with Crippen molar-refractivity contribution in [1.29, 1.82) is 0 Å². The molecule has 0 radical (unpaired) electrons. The third-order valence-corrected chi connectivity index (χ3v) is 2.51. The van der Waals surface area contributed by atoms with E-state index in [1.165, 1.54) is 7.11 Å². The fourth-order valence-electron chi connectivity index (χ4n) is 1.43. The van der Waals surface area contributed by atoms with Gasteiger partial charge >= 0.3 is 11.9 Å². The van der Waals surface area contributed by atoms with Crippen LogP contribution in [0.4, 0.5) is 0 Å². The van der Waals surface area contributed by atoms with Gasteiger partial charge in [0.05, 0.1) is 19.4 Å². The number of esters is 2. The molecule has 0 fully saturated rings. The summed E-state index contributed by atoms with van der Waals surface area (Å²) in [7, 11) is 1.53. The first-order valence-corrected chi connectivity index (χ1v) is 6.35. The van der Waals surface area contributed by atoms with Crippen molar-refractivity contribution in [3.05, 3.63) is 0 Å². The molecule has 0 aliphatic heterocycles. The van der Waals surface area contributed by atoms with E-state index in [1.807, 2.05) is 20.8 Å². The maximum Gasteiger partial charge on any atom is 0.306 e. The zero-order valence-corrected chi connectivity index (χ0v) is 11.7. The average Bonchev–Trinajstić information content (AvgIpc) is 2.33. The highest BCUT2D eigenvalue weighted by molar-refractivity contribution is 5.77. The number of carbonyl (C=O) groups excluding carboxylic acids is 2. The minimum absolute atomic E-state index is 0.0527. The maximum absolute atomic E-state index is 11.5. The molecule has 0 saturated carbocycles. The molecular weight excluding hydrogens is 236 g/mol. The SMILES string of the molecule is CCC(OC(=O)CCC(=O)OCCOC)C(C)C. The van der Waals surface area contributed by atoms with E-state index in [2.05, 4.69) is 0 Å². The van der Waals surface area contributed by atoms with Crippen molar-refractivity contribution >= 4 is 11.9 Å². The van der Waals surface area contributed by atoms with Crippen LogP contribution in [-0.2, 0) is 23.8 Å². The minimum Gasteiger partial charge on any atom is -0.463 e. The molecule has 0 spiro atoms. The van der Waals surface area contributed by atoms with Gasteiger partial charge in [0.2, 0.25) is 0 Å². The fourth-order valence-corrected chi connectivity index (χ4v) is 1.43. The lowest BCUT2D eigenvalue weighted by molar-refractivity contribution is -0.155. The first-order chi connectivity index (χ1) is 8.51. The summed E-state index contributed by atoms with van der Waals surface area (Å²) in [6.07, 6.45) is 0.815. The maximum atomic E-state index is 11.5. The van der Waals surface area contributed by atoms with E-state index in [9.17, 15) is 9.59 Å². The zero-order valence-electron chi connectivity index (χ0n) is 11.7. The zero-order chi connectivity index (χ0) is 14.0. The highest BCUT2D eigenvalue weighted by atomic mass is 16.6. The molecule has 18 heavy (non-hydrogen) atoms. The number of carbonyl (C=O) groups is 2. The average molecular weight is 260 g/mol. The Morgan fingerprint density at radius 1 is 1.06 bits per heavy atom. The molecule has 106 valence electrons. The third kappa shape index (κ3) is 8.06. The molecule has 1 unspecified atom stereocenters. The lowest BCUT2D eigenvalue weighted by atomic mass is 10.1. The number of hydrogen-bond acceptors (Lipinski definition) is 5. The predicted molar refractivity (Wildman–Crippen MR) is 67.1 cm³/mol. The van der Waals surface area contributed by atoms with Gasteiger partial charge in [-0.3, -0.25) is 9.59 Å². The van der Waals surface area contributed by atoms with Crippen molar-refractivity contribution in [2.45, 2.75) is 46.1 Å². The molecule has 5 heteroatoms.